The van der Waals surface area contributed by atoms with E-state index in [-0.39, 0.29) is 5.57 Å². The molecular weight excluding hydrogens is 444 g/mol. The van der Waals surface area contributed by atoms with Gasteiger partial charge in [0.25, 0.3) is 11.8 Å². The third kappa shape index (κ3) is 4.52. The number of nitrogens with zero attached hydrogens (tertiary/aromatic N) is 1. The number of carbonyl (C=O) groups excluding carboxylic acids is 3. The molecule has 3 rings (SSSR count). The van der Waals surface area contributed by atoms with E-state index in [4.69, 9.17) is 9.84 Å². The Morgan fingerprint density at radius 2 is 1.86 bits per heavy atom. The molecule has 0 unspecified atom stereocenters. The van der Waals surface area contributed by atoms with Gasteiger partial charge >= 0.3 is 12.0 Å². The number of urea groups is 1. The van der Waals surface area contributed by atoms with Crippen molar-refractivity contribution in [2.75, 3.05) is 4.90 Å². The number of ether oxygens (including phenoxy) is 1. The summed E-state index contributed by atoms with van der Waals surface area (Å²) in [7, 11) is 0. The zero-order valence-corrected chi connectivity index (χ0v) is 16.7. The number of rotatable bonds is 5. The van der Waals surface area contributed by atoms with Gasteiger partial charge in [0, 0.05) is 4.47 Å². The van der Waals surface area contributed by atoms with E-state index in [2.05, 4.69) is 21.2 Å². The fourth-order valence-electron chi connectivity index (χ4n) is 2.57. The molecule has 2 aromatic carbocycles. The molecule has 8 nitrogen and oxygen atoms in total. The summed E-state index contributed by atoms with van der Waals surface area (Å²) in [5.41, 5.74) is 0.603. The lowest BCUT2D eigenvalue weighted by Crippen LogP contribution is -2.54. The van der Waals surface area contributed by atoms with E-state index >= 15 is 0 Å². The summed E-state index contributed by atoms with van der Waals surface area (Å²) in [6.07, 6.45) is 0.328. The third-order valence-corrected chi connectivity index (χ3v) is 4.51. The highest BCUT2D eigenvalue weighted by Crippen LogP contribution is 2.25. The van der Waals surface area contributed by atoms with E-state index in [0.29, 0.717) is 21.5 Å². The number of benzene rings is 2. The quantitative estimate of drug-likeness (QED) is 0.525. The van der Waals surface area contributed by atoms with Crippen LogP contribution in [0.15, 0.2) is 58.6 Å². The van der Waals surface area contributed by atoms with E-state index < -0.39 is 29.9 Å². The van der Waals surface area contributed by atoms with E-state index in [0.717, 1.165) is 4.90 Å². The summed E-state index contributed by atoms with van der Waals surface area (Å²) >= 11 is 3.28. The summed E-state index contributed by atoms with van der Waals surface area (Å²) in [4.78, 5) is 48.9. The molecule has 29 heavy (non-hydrogen) atoms. The van der Waals surface area contributed by atoms with Gasteiger partial charge in [0.1, 0.15) is 11.3 Å². The Hall–Kier alpha value is -3.46. The predicted octanol–water partition coefficient (Wildman–Crippen LogP) is 2.97. The fourth-order valence-corrected chi connectivity index (χ4v) is 2.96. The molecule has 2 aromatic rings. The van der Waals surface area contributed by atoms with Gasteiger partial charge in [-0.25, -0.2) is 14.5 Å². The summed E-state index contributed by atoms with van der Waals surface area (Å²) in [5, 5.41) is 11.0. The van der Waals surface area contributed by atoms with Crippen LogP contribution in [0, 0.1) is 0 Å². The molecule has 1 aliphatic rings. The zero-order valence-electron chi connectivity index (χ0n) is 15.1. The average molecular weight is 459 g/mol. The van der Waals surface area contributed by atoms with Crippen molar-refractivity contribution in [3.63, 3.8) is 0 Å². The Kier molecular flexibility index (Phi) is 5.79. The van der Waals surface area contributed by atoms with Crippen LogP contribution in [0.1, 0.15) is 12.5 Å². The molecule has 4 amide bonds. The number of aliphatic carboxylic acids is 1. The molecule has 148 valence electrons. The van der Waals surface area contributed by atoms with Crippen LogP contribution in [0.5, 0.6) is 5.75 Å². The predicted molar refractivity (Wildman–Crippen MR) is 107 cm³/mol. The van der Waals surface area contributed by atoms with Crippen molar-refractivity contribution in [1.82, 2.24) is 5.32 Å². The normalized spacial score (nSPS) is 16.6. The van der Waals surface area contributed by atoms with Gasteiger partial charge in [-0.05, 0) is 48.9 Å². The van der Waals surface area contributed by atoms with Crippen molar-refractivity contribution >= 4 is 51.5 Å². The molecule has 0 saturated carbocycles. The Balaban J connectivity index is 1.87. The standard InChI is InChI=1S/C20H15BrN2O6/c1-11(19(26)27)29-15-7-5-12(6-8-15)9-16-17(24)22-20(28)23(18(16)25)14-4-2-3-13(21)10-14/h2-11H,1H3,(H,26,27)(H,22,24,28)/b16-9-/t11-/m1/s1. The number of amides is 4. The Bertz CT molecular complexity index is 1030. The maximum atomic E-state index is 12.8. The monoisotopic (exact) mass is 458 g/mol. The first kappa shape index (κ1) is 20.3. The lowest BCUT2D eigenvalue weighted by Gasteiger charge is -2.26. The molecule has 0 aromatic heterocycles. The van der Waals surface area contributed by atoms with Crippen LogP contribution >= 0.6 is 15.9 Å². The van der Waals surface area contributed by atoms with Crippen LogP contribution in [-0.4, -0.2) is 35.0 Å². The number of nitrogens with one attached hydrogen (secondary N) is 1. The largest absolute Gasteiger partial charge is 0.479 e. The van der Waals surface area contributed by atoms with Crippen LogP contribution in [0.25, 0.3) is 6.08 Å². The maximum absolute atomic E-state index is 12.8. The number of hydrogen-bond acceptors (Lipinski definition) is 5. The fraction of sp³-hybridized carbons (Fsp3) is 0.100. The second kappa shape index (κ2) is 8.27. The number of carboxylic acids is 1. The molecule has 9 heteroatoms. The number of halogens is 1. The number of hydrogen-bond donors (Lipinski definition) is 2. The number of barbiturate groups is 1. The van der Waals surface area contributed by atoms with Crippen LogP contribution in [0.3, 0.4) is 0 Å². The number of imide groups is 2. The first-order valence-electron chi connectivity index (χ1n) is 8.43. The highest BCUT2D eigenvalue weighted by molar-refractivity contribution is 9.10. The van der Waals surface area contributed by atoms with Crippen molar-refractivity contribution in [1.29, 1.82) is 0 Å². The molecule has 1 atom stereocenters. The summed E-state index contributed by atoms with van der Waals surface area (Å²) in [6.45, 7) is 1.40. The second-order valence-corrected chi connectivity index (χ2v) is 7.02. The molecule has 1 fully saturated rings. The highest BCUT2D eigenvalue weighted by Gasteiger charge is 2.36. The lowest BCUT2D eigenvalue weighted by atomic mass is 10.1. The molecule has 0 spiro atoms. The van der Waals surface area contributed by atoms with Crippen molar-refractivity contribution in [2.24, 2.45) is 0 Å². The SMILES string of the molecule is C[C@@H](Oc1ccc(/C=C2/C(=O)NC(=O)N(c3cccc(Br)c3)C2=O)cc1)C(=O)O. The van der Waals surface area contributed by atoms with Gasteiger partial charge in [-0.1, -0.05) is 34.1 Å². The van der Waals surface area contributed by atoms with Crippen molar-refractivity contribution in [3.8, 4) is 5.75 Å². The van der Waals surface area contributed by atoms with Gasteiger partial charge in [0.15, 0.2) is 6.10 Å². The Labute approximate surface area is 173 Å². The minimum absolute atomic E-state index is 0.211. The summed E-state index contributed by atoms with van der Waals surface area (Å²) in [5.74, 6) is -2.33. The molecule has 2 N–H and O–H groups in total. The van der Waals surface area contributed by atoms with Crippen LogP contribution < -0.4 is 15.0 Å². The van der Waals surface area contributed by atoms with Crippen molar-refractivity contribution < 1.29 is 29.0 Å². The first-order chi connectivity index (χ1) is 13.8. The average Bonchev–Trinajstić information content (AvgIpc) is 2.66. The third-order valence-electron chi connectivity index (χ3n) is 4.02. The van der Waals surface area contributed by atoms with E-state index in [9.17, 15) is 19.2 Å². The Morgan fingerprint density at radius 1 is 1.17 bits per heavy atom. The van der Waals surface area contributed by atoms with Crippen LogP contribution in [-0.2, 0) is 14.4 Å². The van der Waals surface area contributed by atoms with E-state index in [1.807, 2.05) is 0 Å². The van der Waals surface area contributed by atoms with Gasteiger partial charge in [-0.2, -0.15) is 0 Å². The molecule has 1 heterocycles. The molecule has 0 bridgehead atoms. The summed E-state index contributed by atoms with van der Waals surface area (Å²) in [6, 6.07) is 11.9. The van der Waals surface area contributed by atoms with Gasteiger partial charge in [-0.15, -0.1) is 0 Å². The molecule has 1 saturated heterocycles. The molecule has 1 aliphatic heterocycles. The number of carboxylic acid groups (broad SMARTS) is 1. The van der Waals surface area contributed by atoms with Gasteiger partial charge in [-0.3, -0.25) is 14.9 Å². The number of anilines is 1. The van der Waals surface area contributed by atoms with Crippen LogP contribution in [0.2, 0.25) is 0 Å². The van der Waals surface area contributed by atoms with Gasteiger partial charge < -0.3 is 9.84 Å². The smallest absolute Gasteiger partial charge is 0.344 e. The van der Waals surface area contributed by atoms with Crippen molar-refractivity contribution in [3.05, 3.63) is 64.1 Å². The van der Waals surface area contributed by atoms with Crippen molar-refractivity contribution in [2.45, 2.75) is 13.0 Å². The minimum Gasteiger partial charge on any atom is -0.479 e. The van der Waals surface area contributed by atoms with Crippen LogP contribution in [0.4, 0.5) is 10.5 Å². The van der Waals surface area contributed by atoms with E-state index in [1.54, 1.807) is 36.4 Å². The van der Waals surface area contributed by atoms with E-state index in [1.165, 1.54) is 25.1 Å². The minimum atomic E-state index is -1.10. The molecular formula is C20H15BrN2O6. The molecule has 0 radical (unpaired) electrons. The highest BCUT2D eigenvalue weighted by atomic mass is 79.9. The number of carbonyl (C=O) groups is 4. The second-order valence-electron chi connectivity index (χ2n) is 6.11. The van der Waals surface area contributed by atoms with Gasteiger partial charge in [0.05, 0.1) is 5.69 Å². The zero-order chi connectivity index (χ0) is 21.1. The first-order valence-corrected chi connectivity index (χ1v) is 9.22. The maximum Gasteiger partial charge on any atom is 0.344 e. The summed E-state index contributed by atoms with van der Waals surface area (Å²) < 4.78 is 5.91. The molecule has 0 aliphatic carbocycles. The Morgan fingerprint density at radius 3 is 2.48 bits per heavy atom. The lowest BCUT2D eigenvalue weighted by molar-refractivity contribution is -0.144. The topological polar surface area (TPSA) is 113 Å². The van der Waals surface area contributed by atoms with Gasteiger partial charge in [0.2, 0.25) is 0 Å².